The molecule has 6 nitrogen and oxygen atoms in total. The van der Waals surface area contributed by atoms with Gasteiger partial charge in [-0.15, -0.1) is 10.2 Å². The van der Waals surface area contributed by atoms with Crippen LogP contribution in [0.25, 0.3) is 11.4 Å². The number of nitrogens with one attached hydrogen (secondary N) is 1. The van der Waals surface area contributed by atoms with Gasteiger partial charge >= 0.3 is 0 Å². The van der Waals surface area contributed by atoms with E-state index in [2.05, 4.69) is 33.3 Å². The van der Waals surface area contributed by atoms with Crippen molar-refractivity contribution in [3.63, 3.8) is 0 Å². The molecule has 0 fully saturated rings. The molecule has 4 rings (SSSR count). The van der Waals surface area contributed by atoms with Crippen LogP contribution in [0, 0.1) is 0 Å². The van der Waals surface area contributed by atoms with Crippen LogP contribution in [0.2, 0.25) is 0 Å². The van der Waals surface area contributed by atoms with Gasteiger partial charge in [-0.05, 0) is 48.6 Å². The number of aryl methyl sites for hydroxylation is 1. The molecule has 0 unspecified atom stereocenters. The van der Waals surface area contributed by atoms with Crippen LogP contribution in [0.5, 0.6) is 0 Å². The zero-order chi connectivity index (χ0) is 20.4. The predicted molar refractivity (Wildman–Crippen MR) is 114 cm³/mol. The first-order valence-corrected chi connectivity index (χ1v) is 11.6. The first-order valence-electron chi connectivity index (χ1n) is 10.1. The van der Waals surface area contributed by atoms with Crippen molar-refractivity contribution in [3.05, 3.63) is 59.9 Å². The van der Waals surface area contributed by atoms with Crippen molar-refractivity contribution in [3.8, 4) is 11.4 Å². The third-order valence-corrected chi connectivity index (χ3v) is 6.76. The number of para-hydroxylation sites is 1. The van der Waals surface area contributed by atoms with Gasteiger partial charge in [-0.2, -0.15) is 0 Å². The van der Waals surface area contributed by atoms with Crippen molar-refractivity contribution in [2.24, 2.45) is 0 Å². The van der Waals surface area contributed by atoms with Gasteiger partial charge in [0.2, 0.25) is 0 Å². The molecular formula is C22H26N4O2S. The zero-order valence-corrected chi connectivity index (χ0v) is 17.6. The van der Waals surface area contributed by atoms with Crippen molar-refractivity contribution in [1.29, 1.82) is 0 Å². The molecule has 0 saturated heterocycles. The van der Waals surface area contributed by atoms with E-state index in [4.69, 9.17) is 0 Å². The second kappa shape index (κ2) is 7.99. The van der Waals surface area contributed by atoms with Crippen LogP contribution in [-0.4, -0.2) is 23.2 Å². The van der Waals surface area contributed by atoms with E-state index in [0.29, 0.717) is 11.6 Å². The number of hydrogen-bond acceptors (Lipinski definition) is 4. The summed E-state index contributed by atoms with van der Waals surface area (Å²) >= 11 is 0. The van der Waals surface area contributed by atoms with Crippen molar-refractivity contribution < 1.29 is 8.42 Å². The highest BCUT2D eigenvalue weighted by Gasteiger charge is 2.21. The minimum atomic E-state index is -3.71. The number of hydrogen-bond donors (Lipinski definition) is 1. The van der Waals surface area contributed by atoms with E-state index in [1.54, 1.807) is 18.2 Å². The van der Waals surface area contributed by atoms with Gasteiger partial charge in [0.05, 0.1) is 10.6 Å². The maximum Gasteiger partial charge on any atom is 0.261 e. The third-order valence-electron chi connectivity index (χ3n) is 5.38. The van der Waals surface area contributed by atoms with E-state index >= 15 is 0 Å². The van der Waals surface area contributed by atoms with Crippen LogP contribution in [-0.2, 0) is 23.0 Å². The third kappa shape index (κ3) is 4.05. The van der Waals surface area contributed by atoms with Crippen LogP contribution in [0.15, 0.2) is 53.4 Å². The number of nitrogens with zero attached hydrogens (tertiary/aromatic N) is 3. The Bertz CT molecular complexity index is 1100. The average Bonchev–Trinajstić information content (AvgIpc) is 2.96. The highest BCUT2D eigenvalue weighted by molar-refractivity contribution is 7.92. The molecule has 1 aromatic heterocycles. The van der Waals surface area contributed by atoms with Crippen LogP contribution in [0.3, 0.4) is 0 Å². The quantitative estimate of drug-likeness (QED) is 0.667. The van der Waals surface area contributed by atoms with E-state index < -0.39 is 10.0 Å². The minimum absolute atomic E-state index is 0.247. The Kier molecular flexibility index (Phi) is 5.41. The largest absolute Gasteiger partial charge is 0.311 e. The lowest BCUT2D eigenvalue weighted by Gasteiger charge is -2.14. The Morgan fingerprint density at radius 2 is 1.72 bits per heavy atom. The van der Waals surface area contributed by atoms with Crippen LogP contribution < -0.4 is 4.72 Å². The Morgan fingerprint density at radius 3 is 2.48 bits per heavy atom. The number of rotatable bonds is 5. The maximum atomic E-state index is 13.0. The molecule has 2 aromatic carbocycles. The molecule has 0 bridgehead atoms. The van der Waals surface area contributed by atoms with Crippen LogP contribution in [0.1, 0.15) is 50.4 Å². The molecule has 152 valence electrons. The molecule has 0 spiro atoms. The molecule has 7 heteroatoms. The van der Waals surface area contributed by atoms with Gasteiger partial charge in [-0.25, -0.2) is 8.42 Å². The fourth-order valence-electron chi connectivity index (χ4n) is 3.69. The number of sulfonamides is 1. The topological polar surface area (TPSA) is 76.9 Å². The molecule has 0 atom stereocenters. The molecule has 0 saturated carbocycles. The molecule has 1 aliphatic heterocycles. The van der Waals surface area contributed by atoms with Gasteiger partial charge in [0.1, 0.15) is 5.82 Å². The smallest absolute Gasteiger partial charge is 0.261 e. The second-order valence-corrected chi connectivity index (χ2v) is 9.46. The lowest BCUT2D eigenvalue weighted by molar-refractivity contribution is 0.601. The highest BCUT2D eigenvalue weighted by atomic mass is 32.2. The number of benzene rings is 2. The van der Waals surface area contributed by atoms with Gasteiger partial charge in [0.25, 0.3) is 10.0 Å². The van der Waals surface area contributed by atoms with E-state index in [0.717, 1.165) is 48.6 Å². The van der Waals surface area contributed by atoms with E-state index in [1.165, 1.54) is 6.42 Å². The van der Waals surface area contributed by atoms with Crippen molar-refractivity contribution in [1.82, 2.24) is 14.8 Å². The monoisotopic (exact) mass is 410 g/mol. The summed E-state index contributed by atoms with van der Waals surface area (Å²) < 4.78 is 30.9. The summed E-state index contributed by atoms with van der Waals surface area (Å²) in [5.41, 5.74) is 2.37. The number of aromatic nitrogens is 3. The number of anilines is 1. The van der Waals surface area contributed by atoms with Gasteiger partial charge in [0.15, 0.2) is 5.82 Å². The van der Waals surface area contributed by atoms with Crippen LogP contribution >= 0.6 is 0 Å². The molecule has 3 aromatic rings. The second-order valence-electron chi connectivity index (χ2n) is 7.78. The van der Waals surface area contributed by atoms with Gasteiger partial charge in [-0.1, -0.05) is 44.5 Å². The summed E-state index contributed by atoms with van der Waals surface area (Å²) in [7, 11) is -3.71. The van der Waals surface area contributed by atoms with E-state index in [9.17, 15) is 8.42 Å². The van der Waals surface area contributed by atoms with Crippen LogP contribution in [0.4, 0.5) is 5.69 Å². The molecule has 1 N–H and O–H groups in total. The molecule has 0 radical (unpaired) electrons. The molecule has 0 amide bonds. The normalized spacial score (nSPS) is 14.4. The minimum Gasteiger partial charge on any atom is -0.311 e. The summed E-state index contributed by atoms with van der Waals surface area (Å²) in [6.07, 6.45) is 4.26. The zero-order valence-electron chi connectivity index (χ0n) is 16.8. The number of fused-ring (bicyclic) bond motifs is 1. The summed E-state index contributed by atoms with van der Waals surface area (Å²) in [4.78, 5) is 0.247. The Labute approximate surface area is 172 Å². The van der Waals surface area contributed by atoms with Gasteiger partial charge in [-0.3, -0.25) is 4.72 Å². The Hall–Kier alpha value is -2.67. The first kappa shape index (κ1) is 19.6. The Balaban J connectivity index is 1.68. The van der Waals surface area contributed by atoms with Gasteiger partial charge in [0, 0.05) is 18.5 Å². The standard InChI is InChI=1S/C22H26N4O2S/c1-16(2)17-11-13-18(14-12-17)29(27,28)25-20-9-6-5-8-19(20)22-24-23-21-10-4-3-7-15-26(21)22/h5-6,8-9,11-14,16,25H,3-4,7,10,15H2,1-2H3. The summed E-state index contributed by atoms with van der Waals surface area (Å²) in [6, 6.07) is 14.4. The molecule has 1 aliphatic rings. The fraction of sp³-hybridized carbons (Fsp3) is 0.364. The van der Waals surface area contributed by atoms with E-state index in [-0.39, 0.29) is 4.90 Å². The summed E-state index contributed by atoms with van der Waals surface area (Å²) in [6.45, 7) is 5.02. The predicted octanol–water partition coefficient (Wildman–Crippen LogP) is 4.60. The van der Waals surface area contributed by atoms with Crippen molar-refractivity contribution in [2.75, 3.05) is 4.72 Å². The lowest BCUT2D eigenvalue weighted by Crippen LogP contribution is -2.14. The molecule has 2 heterocycles. The van der Waals surface area contributed by atoms with Crippen molar-refractivity contribution >= 4 is 15.7 Å². The maximum absolute atomic E-state index is 13.0. The first-order chi connectivity index (χ1) is 14.0. The molecule has 0 aliphatic carbocycles. The average molecular weight is 411 g/mol. The summed E-state index contributed by atoms with van der Waals surface area (Å²) in [5, 5.41) is 8.73. The highest BCUT2D eigenvalue weighted by Crippen LogP contribution is 2.30. The fourth-order valence-corrected chi connectivity index (χ4v) is 4.77. The van der Waals surface area contributed by atoms with E-state index in [1.807, 2.05) is 30.3 Å². The Morgan fingerprint density at radius 1 is 0.966 bits per heavy atom. The lowest BCUT2D eigenvalue weighted by atomic mass is 10.0. The van der Waals surface area contributed by atoms with Crippen molar-refractivity contribution in [2.45, 2.75) is 56.9 Å². The molecular weight excluding hydrogens is 384 g/mol. The molecule has 29 heavy (non-hydrogen) atoms. The van der Waals surface area contributed by atoms with Gasteiger partial charge < -0.3 is 4.57 Å². The summed E-state index contributed by atoms with van der Waals surface area (Å²) in [5.74, 6) is 2.04. The SMILES string of the molecule is CC(C)c1ccc(S(=O)(=O)Nc2ccccc2-c2nnc3n2CCCCC3)cc1.